The van der Waals surface area contributed by atoms with Crippen molar-refractivity contribution in [1.29, 1.82) is 0 Å². The number of hydrogen-bond acceptors (Lipinski definition) is 4. The van der Waals surface area contributed by atoms with E-state index >= 15 is 0 Å². The number of nitrogens with one attached hydrogen (secondary N) is 1. The van der Waals surface area contributed by atoms with Crippen molar-refractivity contribution in [3.63, 3.8) is 0 Å². The number of thiazole rings is 1. The van der Waals surface area contributed by atoms with Gasteiger partial charge in [0.15, 0.2) is 5.13 Å². The second-order valence-corrected chi connectivity index (χ2v) is 6.28. The summed E-state index contributed by atoms with van der Waals surface area (Å²) in [5.41, 5.74) is 3.10. The summed E-state index contributed by atoms with van der Waals surface area (Å²) >= 11 is 1.49. The number of hydrogen-bond donors (Lipinski definition) is 1. The number of amides is 1. The fourth-order valence-electron chi connectivity index (χ4n) is 2.62. The Bertz CT molecular complexity index is 824. The lowest BCUT2D eigenvalue weighted by Crippen LogP contribution is -2.14. The number of ether oxygens (including phenoxy) is 1. The minimum absolute atomic E-state index is 0.0436. The van der Waals surface area contributed by atoms with Crippen LogP contribution in [0.3, 0.4) is 0 Å². The molecule has 2 heterocycles. The summed E-state index contributed by atoms with van der Waals surface area (Å²) in [5, 5.41) is 3.53. The molecule has 110 valence electrons. The van der Waals surface area contributed by atoms with Gasteiger partial charge in [-0.15, -0.1) is 0 Å². The Kier molecular flexibility index (Phi) is 3.27. The van der Waals surface area contributed by atoms with Crippen LogP contribution in [0, 0.1) is 0 Å². The normalized spacial score (nSPS) is 12.9. The Morgan fingerprint density at radius 1 is 1.27 bits per heavy atom. The number of nitrogens with zero attached hydrogens (tertiary/aromatic N) is 1. The third kappa shape index (κ3) is 2.55. The first-order chi connectivity index (χ1) is 10.8. The van der Waals surface area contributed by atoms with Crippen molar-refractivity contribution < 1.29 is 9.53 Å². The predicted octanol–water partition coefficient (Wildman–Crippen LogP) is 3.41. The summed E-state index contributed by atoms with van der Waals surface area (Å²) in [6.07, 6.45) is 1.27. The highest BCUT2D eigenvalue weighted by atomic mass is 32.1. The molecule has 5 heteroatoms. The van der Waals surface area contributed by atoms with E-state index in [0.29, 0.717) is 11.6 Å². The molecular weight excluding hydrogens is 296 g/mol. The van der Waals surface area contributed by atoms with Crippen LogP contribution in [0.4, 0.5) is 5.13 Å². The van der Waals surface area contributed by atoms with E-state index in [4.69, 9.17) is 4.74 Å². The van der Waals surface area contributed by atoms with Gasteiger partial charge in [-0.1, -0.05) is 35.6 Å². The van der Waals surface area contributed by atoms with Gasteiger partial charge in [0.2, 0.25) is 5.91 Å². The zero-order valence-corrected chi connectivity index (χ0v) is 12.7. The van der Waals surface area contributed by atoms with Gasteiger partial charge >= 0.3 is 0 Å². The molecule has 1 amide bonds. The fourth-order valence-corrected chi connectivity index (χ4v) is 3.51. The van der Waals surface area contributed by atoms with Crippen LogP contribution < -0.4 is 10.1 Å². The van der Waals surface area contributed by atoms with E-state index < -0.39 is 0 Å². The van der Waals surface area contributed by atoms with Crippen LogP contribution >= 0.6 is 11.3 Å². The number of rotatable bonds is 3. The van der Waals surface area contributed by atoms with Crippen LogP contribution in [-0.4, -0.2) is 17.5 Å². The summed E-state index contributed by atoms with van der Waals surface area (Å²) in [4.78, 5) is 16.6. The highest BCUT2D eigenvalue weighted by Crippen LogP contribution is 2.27. The van der Waals surface area contributed by atoms with Gasteiger partial charge in [-0.05, 0) is 29.3 Å². The van der Waals surface area contributed by atoms with Gasteiger partial charge in [0.25, 0.3) is 0 Å². The first-order valence-corrected chi connectivity index (χ1v) is 7.99. The van der Waals surface area contributed by atoms with Crippen LogP contribution in [-0.2, 0) is 17.6 Å². The first kappa shape index (κ1) is 13.3. The average molecular weight is 310 g/mol. The third-order valence-corrected chi connectivity index (χ3v) is 4.61. The molecule has 4 rings (SSSR count). The Morgan fingerprint density at radius 3 is 3.09 bits per heavy atom. The number of carbonyl (C=O) groups excluding carboxylic acids is 1. The van der Waals surface area contributed by atoms with Gasteiger partial charge in [-0.25, -0.2) is 4.98 Å². The minimum atomic E-state index is -0.0436. The maximum Gasteiger partial charge on any atom is 0.230 e. The van der Waals surface area contributed by atoms with Gasteiger partial charge in [-0.3, -0.25) is 4.79 Å². The molecule has 0 spiro atoms. The zero-order valence-electron chi connectivity index (χ0n) is 11.8. The molecule has 1 N–H and O–H groups in total. The van der Waals surface area contributed by atoms with E-state index in [1.54, 1.807) is 0 Å². The minimum Gasteiger partial charge on any atom is -0.493 e. The van der Waals surface area contributed by atoms with E-state index in [0.717, 1.165) is 34.6 Å². The molecule has 4 nitrogen and oxygen atoms in total. The van der Waals surface area contributed by atoms with Crippen LogP contribution in [0.2, 0.25) is 0 Å². The van der Waals surface area contributed by atoms with Crippen molar-refractivity contribution in [3.8, 4) is 5.75 Å². The molecule has 0 saturated heterocycles. The maximum atomic E-state index is 12.2. The standard InChI is InChI=1S/C17H14N2O2S/c20-16(10-11-5-6-14-12(9-11)7-8-21-14)19-17-18-13-3-1-2-4-15(13)22-17/h1-6,9H,7-8,10H2,(H,18,19,20). The summed E-state index contributed by atoms with van der Waals surface area (Å²) in [5.74, 6) is 0.897. The van der Waals surface area contributed by atoms with E-state index in [1.807, 2.05) is 36.4 Å². The molecule has 0 bridgehead atoms. The van der Waals surface area contributed by atoms with Crippen molar-refractivity contribution in [2.24, 2.45) is 0 Å². The number of fused-ring (bicyclic) bond motifs is 2. The molecule has 3 aromatic rings. The SMILES string of the molecule is O=C(Cc1ccc2c(c1)CCO2)Nc1nc2ccccc2s1. The number of carbonyl (C=O) groups is 1. The number of aromatic nitrogens is 1. The third-order valence-electron chi connectivity index (χ3n) is 3.66. The van der Waals surface area contributed by atoms with E-state index in [1.165, 1.54) is 16.9 Å². The summed E-state index contributed by atoms with van der Waals surface area (Å²) in [7, 11) is 0. The topological polar surface area (TPSA) is 51.2 Å². The molecule has 1 aliphatic heterocycles. The second-order valence-electron chi connectivity index (χ2n) is 5.25. The Hall–Kier alpha value is -2.40. The molecular formula is C17H14N2O2S. The molecule has 0 fully saturated rings. The summed E-state index contributed by atoms with van der Waals surface area (Å²) < 4.78 is 6.56. The molecule has 22 heavy (non-hydrogen) atoms. The Morgan fingerprint density at radius 2 is 2.18 bits per heavy atom. The molecule has 0 unspecified atom stereocenters. The molecule has 0 radical (unpaired) electrons. The lowest BCUT2D eigenvalue weighted by Gasteiger charge is -2.04. The van der Waals surface area contributed by atoms with Crippen molar-refractivity contribution in [1.82, 2.24) is 4.98 Å². The van der Waals surface area contributed by atoms with Crippen molar-refractivity contribution in [2.45, 2.75) is 12.8 Å². The molecule has 0 aliphatic carbocycles. The van der Waals surface area contributed by atoms with E-state index in [2.05, 4.69) is 16.4 Å². The van der Waals surface area contributed by atoms with Gasteiger partial charge in [-0.2, -0.15) is 0 Å². The molecule has 1 aliphatic rings. The van der Waals surface area contributed by atoms with E-state index in [-0.39, 0.29) is 5.91 Å². The highest BCUT2D eigenvalue weighted by molar-refractivity contribution is 7.22. The van der Waals surface area contributed by atoms with Crippen LogP contribution in [0.1, 0.15) is 11.1 Å². The van der Waals surface area contributed by atoms with Gasteiger partial charge < -0.3 is 10.1 Å². The lowest BCUT2D eigenvalue weighted by atomic mass is 10.1. The van der Waals surface area contributed by atoms with Crippen molar-refractivity contribution in [3.05, 3.63) is 53.6 Å². The first-order valence-electron chi connectivity index (χ1n) is 7.18. The van der Waals surface area contributed by atoms with E-state index in [9.17, 15) is 4.79 Å². The van der Waals surface area contributed by atoms with Crippen LogP contribution in [0.25, 0.3) is 10.2 Å². The van der Waals surface area contributed by atoms with Gasteiger partial charge in [0, 0.05) is 6.42 Å². The van der Waals surface area contributed by atoms with Gasteiger partial charge in [0.05, 0.1) is 23.2 Å². The number of benzene rings is 2. The molecule has 0 saturated carbocycles. The zero-order chi connectivity index (χ0) is 14.9. The largest absolute Gasteiger partial charge is 0.493 e. The monoisotopic (exact) mass is 310 g/mol. The Balaban J connectivity index is 1.48. The second kappa shape index (κ2) is 5.42. The average Bonchev–Trinajstić information content (AvgIpc) is 3.11. The van der Waals surface area contributed by atoms with Crippen LogP contribution in [0.15, 0.2) is 42.5 Å². The number of para-hydroxylation sites is 1. The lowest BCUT2D eigenvalue weighted by molar-refractivity contribution is -0.115. The number of anilines is 1. The smallest absolute Gasteiger partial charge is 0.230 e. The molecule has 2 aromatic carbocycles. The summed E-state index contributed by atoms with van der Waals surface area (Å²) in [6.45, 7) is 0.733. The predicted molar refractivity (Wildman–Crippen MR) is 87.6 cm³/mol. The fraction of sp³-hybridized carbons (Fsp3) is 0.176. The van der Waals surface area contributed by atoms with Crippen molar-refractivity contribution in [2.75, 3.05) is 11.9 Å². The molecule has 0 atom stereocenters. The van der Waals surface area contributed by atoms with Crippen molar-refractivity contribution >= 4 is 32.6 Å². The van der Waals surface area contributed by atoms with Crippen LogP contribution in [0.5, 0.6) is 5.75 Å². The highest BCUT2D eigenvalue weighted by Gasteiger charge is 2.14. The quantitative estimate of drug-likeness (QED) is 0.806. The summed E-state index contributed by atoms with van der Waals surface area (Å²) in [6, 6.07) is 13.8. The van der Waals surface area contributed by atoms with Gasteiger partial charge in [0.1, 0.15) is 5.75 Å². The Labute approximate surface area is 131 Å². The molecule has 1 aromatic heterocycles. The maximum absolute atomic E-state index is 12.2.